The van der Waals surface area contributed by atoms with Crippen molar-refractivity contribution in [2.75, 3.05) is 6.54 Å². The third-order valence-corrected chi connectivity index (χ3v) is 0.328. The molecule has 4 N–H and O–H groups in total. The summed E-state index contributed by atoms with van der Waals surface area (Å²) in [5.41, 5.74) is 1.72. The van der Waals surface area contributed by atoms with Gasteiger partial charge in [0, 0.05) is 0 Å². The van der Waals surface area contributed by atoms with E-state index in [9.17, 15) is 4.79 Å². The van der Waals surface area contributed by atoms with Crippen LogP contribution in [0.4, 0.5) is 0 Å². The van der Waals surface area contributed by atoms with Crippen molar-refractivity contribution in [3.63, 3.8) is 0 Å². The van der Waals surface area contributed by atoms with Crippen molar-refractivity contribution in [1.82, 2.24) is 5.48 Å². The second-order valence-corrected chi connectivity index (χ2v) is 1.04. The van der Waals surface area contributed by atoms with Gasteiger partial charge in [0.05, 0.1) is 6.54 Å². The summed E-state index contributed by atoms with van der Waals surface area (Å²) < 4.78 is 0. The Balaban J connectivity index is 0. The van der Waals surface area contributed by atoms with Gasteiger partial charge < -0.3 is 10.7 Å². The Kier molecular flexibility index (Phi) is 7.73. The average Bonchev–Trinajstić information content (AvgIpc) is 1.35. The number of nitrogens with one attached hydrogen (secondary N) is 1. The summed E-state index contributed by atoms with van der Waals surface area (Å²) >= 11 is 0. The van der Waals surface area contributed by atoms with E-state index in [4.69, 9.17) is 5.21 Å². The molecule has 0 aliphatic rings. The first kappa shape index (κ1) is 9.75. The molecular formula is C3H9NO3. The second kappa shape index (κ2) is 5.55. The Morgan fingerprint density at radius 3 is 2.29 bits per heavy atom. The molecule has 0 atom stereocenters. The molecule has 0 rings (SSSR count). The zero-order valence-corrected chi connectivity index (χ0v) is 4.06. The molecular weight excluding hydrogens is 98.0 g/mol. The molecule has 0 aromatic carbocycles. The summed E-state index contributed by atoms with van der Waals surface area (Å²) in [6.45, 7) is 1.43. The topological polar surface area (TPSA) is 80.8 Å². The summed E-state index contributed by atoms with van der Waals surface area (Å²) in [4.78, 5) is 9.82. The predicted molar refractivity (Wildman–Crippen MR) is 24.1 cm³/mol. The summed E-state index contributed by atoms with van der Waals surface area (Å²) in [7, 11) is 0. The van der Waals surface area contributed by atoms with Crippen molar-refractivity contribution in [2.45, 2.75) is 6.92 Å². The molecule has 4 nitrogen and oxygen atoms in total. The normalized spacial score (nSPS) is 7.14. The molecule has 4 heteroatoms. The van der Waals surface area contributed by atoms with Crippen molar-refractivity contribution in [2.24, 2.45) is 0 Å². The van der Waals surface area contributed by atoms with Gasteiger partial charge in [0.2, 0.25) is 0 Å². The molecule has 0 amide bonds. The van der Waals surface area contributed by atoms with E-state index in [1.165, 1.54) is 6.92 Å². The van der Waals surface area contributed by atoms with Crippen molar-refractivity contribution < 1.29 is 15.5 Å². The smallest absolute Gasteiger partial charge is 0.145 e. The fourth-order valence-corrected chi connectivity index (χ4v) is 0.111. The van der Waals surface area contributed by atoms with Crippen LogP contribution in [0.15, 0.2) is 0 Å². The van der Waals surface area contributed by atoms with Gasteiger partial charge >= 0.3 is 0 Å². The third-order valence-electron chi connectivity index (χ3n) is 0.328. The fraction of sp³-hybridized carbons (Fsp3) is 0.667. The van der Waals surface area contributed by atoms with Gasteiger partial charge in [-0.1, -0.05) is 0 Å². The number of carbonyl (C=O) groups is 1. The quantitative estimate of drug-likeness (QED) is 0.432. The summed E-state index contributed by atoms with van der Waals surface area (Å²) in [5.74, 6) is -0.0718. The van der Waals surface area contributed by atoms with Crippen LogP contribution in [0, 0.1) is 0 Å². The molecule has 0 aromatic rings. The SMILES string of the molecule is CC(=O)CNO.O. The van der Waals surface area contributed by atoms with E-state index in [1.807, 2.05) is 0 Å². The van der Waals surface area contributed by atoms with E-state index >= 15 is 0 Å². The van der Waals surface area contributed by atoms with Gasteiger partial charge in [-0.15, -0.1) is 0 Å². The minimum absolute atomic E-state index is 0. The molecule has 0 spiro atoms. The highest BCUT2D eigenvalue weighted by molar-refractivity contribution is 5.77. The van der Waals surface area contributed by atoms with Crippen LogP contribution >= 0.6 is 0 Å². The van der Waals surface area contributed by atoms with Crippen molar-refractivity contribution in [3.05, 3.63) is 0 Å². The van der Waals surface area contributed by atoms with Gasteiger partial charge in [0.15, 0.2) is 0 Å². The molecule has 0 unspecified atom stereocenters. The maximum absolute atomic E-state index is 9.82. The van der Waals surface area contributed by atoms with Crippen molar-refractivity contribution >= 4 is 5.78 Å². The summed E-state index contributed by atoms with van der Waals surface area (Å²) in [6, 6.07) is 0. The number of hydrogen-bond donors (Lipinski definition) is 2. The lowest BCUT2D eigenvalue weighted by Crippen LogP contribution is -2.15. The van der Waals surface area contributed by atoms with Crippen LogP contribution in [0.5, 0.6) is 0 Å². The Morgan fingerprint density at radius 2 is 2.29 bits per heavy atom. The number of hydrogen-bond acceptors (Lipinski definition) is 3. The Labute approximate surface area is 41.4 Å². The molecule has 0 aromatic heterocycles. The molecule has 0 saturated heterocycles. The van der Waals surface area contributed by atoms with Crippen LogP contribution in [-0.4, -0.2) is 23.0 Å². The molecule has 0 aliphatic heterocycles. The Hall–Kier alpha value is -0.450. The Bertz CT molecular complexity index is 54.1. The second-order valence-electron chi connectivity index (χ2n) is 1.04. The molecule has 0 fully saturated rings. The molecule has 0 radical (unpaired) electrons. The number of rotatable bonds is 2. The van der Waals surface area contributed by atoms with Gasteiger partial charge in [0.1, 0.15) is 5.78 Å². The lowest BCUT2D eigenvalue weighted by atomic mass is 10.5. The predicted octanol–water partition coefficient (Wildman–Crippen LogP) is -1.27. The maximum atomic E-state index is 9.82. The van der Waals surface area contributed by atoms with Gasteiger partial charge in [-0.25, -0.2) is 0 Å². The molecule has 0 heterocycles. The number of Topliss-reactive ketones (excluding diaryl/α,β-unsaturated/α-hetero) is 1. The standard InChI is InChI=1S/C3H7NO2.H2O/c1-3(5)2-4-6;/h4,6H,2H2,1H3;1H2. The average molecular weight is 107 g/mol. The van der Waals surface area contributed by atoms with Crippen molar-refractivity contribution in [1.29, 1.82) is 0 Å². The monoisotopic (exact) mass is 107 g/mol. The van der Waals surface area contributed by atoms with Crippen molar-refractivity contribution in [3.8, 4) is 0 Å². The Morgan fingerprint density at radius 1 is 1.86 bits per heavy atom. The van der Waals surface area contributed by atoms with Crippen LogP contribution in [0.3, 0.4) is 0 Å². The minimum atomic E-state index is -0.0718. The highest BCUT2D eigenvalue weighted by Crippen LogP contribution is 1.56. The van der Waals surface area contributed by atoms with E-state index in [1.54, 1.807) is 5.48 Å². The fourth-order valence-electron chi connectivity index (χ4n) is 0.111. The van der Waals surface area contributed by atoms with Gasteiger partial charge in [-0.2, -0.15) is 5.48 Å². The zero-order valence-electron chi connectivity index (χ0n) is 4.06. The molecule has 0 aliphatic carbocycles. The molecule has 0 saturated carbocycles. The van der Waals surface area contributed by atoms with E-state index < -0.39 is 0 Å². The van der Waals surface area contributed by atoms with E-state index in [0.717, 1.165) is 0 Å². The number of hydroxylamine groups is 1. The molecule has 44 valence electrons. The molecule has 7 heavy (non-hydrogen) atoms. The van der Waals surface area contributed by atoms with Gasteiger partial charge in [0.25, 0.3) is 0 Å². The van der Waals surface area contributed by atoms with Crippen LogP contribution in [0.2, 0.25) is 0 Å². The highest BCUT2D eigenvalue weighted by Gasteiger charge is 1.83. The van der Waals surface area contributed by atoms with E-state index in [0.29, 0.717) is 0 Å². The van der Waals surface area contributed by atoms with Crippen LogP contribution in [0.25, 0.3) is 0 Å². The van der Waals surface area contributed by atoms with Crippen LogP contribution in [0.1, 0.15) is 6.92 Å². The minimum Gasteiger partial charge on any atom is -0.412 e. The van der Waals surface area contributed by atoms with Crippen LogP contribution < -0.4 is 5.48 Å². The molecule has 0 bridgehead atoms. The summed E-state index contributed by atoms with van der Waals surface area (Å²) in [5, 5.41) is 7.77. The number of ketones is 1. The first-order valence-corrected chi connectivity index (χ1v) is 1.63. The van der Waals surface area contributed by atoms with Gasteiger partial charge in [-0.05, 0) is 6.92 Å². The van der Waals surface area contributed by atoms with E-state index in [2.05, 4.69) is 0 Å². The first-order chi connectivity index (χ1) is 2.77. The third kappa shape index (κ3) is 10.8. The maximum Gasteiger partial charge on any atom is 0.145 e. The zero-order chi connectivity index (χ0) is 4.99. The lowest BCUT2D eigenvalue weighted by Gasteiger charge is -1.84. The first-order valence-electron chi connectivity index (χ1n) is 1.63. The van der Waals surface area contributed by atoms with Gasteiger partial charge in [-0.3, -0.25) is 4.79 Å². The summed E-state index contributed by atoms with van der Waals surface area (Å²) in [6.07, 6.45) is 0. The lowest BCUT2D eigenvalue weighted by molar-refractivity contribution is -0.117. The largest absolute Gasteiger partial charge is 0.412 e. The van der Waals surface area contributed by atoms with Crippen LogP contribution in [-0.2, 0) is 4.79 Å². The number of carbonyl (C=O) groups excluding carboxylic acids is 1. The van der Waals surface area contributed by atoms with E-state index in [-0.39, 0.29) is 17.8 Å². The highest BCUT2D eigenvalue weighted by atomic mass is 16.5.